The van der Waals surface area contributed by atoms with Crippen molar-refractivity contribution in [1.82, 2.24) is 0 Å². The van der Waals surface area contributed by atoms with Crippen molar-refractivity contribution in [2.75, 3.05) is 4.90 Å². The molecule has 1 N–H and O–H groups in total. The molecule has 5 nitrogen and oxygen atoms in total. The number of hydrogen-bond donors (Lipinski definition) is 1. The van der Waals surface area contributed by atoms with Crippen molar-refractivity contribution in [3.05, 3.63) is 100 Å². The van der Waals surface area contributed by atoms with E-state index in [-0.39, 0.29) is 11.5 Å². The van der Waals surface area contributed by atoms with Crippen molar-refractivity contribution in [1.29, 1.82) is 0 Å². The normalized spacial score (nSPS) is 14.8. The lowest BCUT2D eigenvalue weighted by Crippen LogP contribution is -2.27. The van der Waals surface area contributed by atoms with Gasteiger partial charge < -0.3 is 9.84 Å². The molecular weight excluding hydrogens is 430 g/mol. The number of amides is 1. The highest BCUT2D eigenvalue weighted by atomic mass is 32.2. The molecule has 1 aliphatic rings. The van der Waals surface area contributed by atoms with Gasteiger partial charge in [0.15, 0.2) is 4.32 Å². The summed E-state index contributed by atoms with van der Waals surface area (Å²) in [5.41, 5.74) is 2.74. The van der Waals surface area contributed by atoms with Crippen LogP contribution in [0.15, 0.2) is 83.8 Å². The third kappa shape index (κ3) is 4.84. The number of thiocarbonyl (C=S) groups is 1. The van der Waals surface area contributed by atoms with E-state index >= 15 is 0 Å². The van der Waals surface area contributed by atoms with Crippen LogP contribution in [-0.4, -0.2) is 21.3 Å². The van der Waals surface area contributed by atoms with Crippen LogP contribution in [0.2, 0.25) is 0 Å². The van der Waals surface area contributed by atoms with Crippen LogP contribution in [0.1, 0.15) is 21.5 Å². The number of rotatable bonds is 6. The monoisotopic (exact) mass is 447 g/mol. The SMILES string of the molecule is O=C(O)c1ccc(COc2ccc(/C=C3/SC(=S)N(c4ccccc4)C3=O)cc2)cc1. The molecule has 1 fully saturated rings. The predicted molar refractivity (Wildman–Crippen MR) is 126 cm³/mol. The van der Waals surface area contributed by atoms with E-state index in [1.54, 1.807) is 29.2 Å². The molecule has 0 bridgehead atoms. The zero-order valence-electron chi connectivity index (χ0n) is 16.2. The zero-order chi connectivity index (χ0) is 21.8. The summed E-state index contributed by atoms with van der Waals surface area (Å²) in [6.45, 7) is 0.328. The Labute approximate surface area is 189 Å². The summed E-state index contributed by atoms with van der Waals surface area (Å²) < 4.78 is 6.27. The van der Waals surface area contributed by atoms with E-state index in [0.29, 0.717) is 21.6 Å². The first-order valence-corrected chi connectivity index (χ1v) is 10.6. The fraction of sp³-hybridized carbons (Fsp3) is 0.0417. The molecule has 4 rings (SSSR count). The topological polar surface area (TPSA) is 66.8 Å². The number of para-hydroxylation sites is 1. The minimum Gasteiger partial charge on any atom is -0.489 e. The molecule has 1 aliphatic heterocycles. The number of carboxylic acid groups (broad SMARTS) is 1. The number of thioether (sulfide) groups is 1. The summed E-state index contributed by atoms with van der Waals surface area (Å²) in [6.07, 6.45) is 1.82. The van der Waals surface area contributed by atoms with Gasteiger partial charge in [-0.3, -0.25) is 9.69 Å². The molecule has 154 valence electrons. The van der Waals surface area contributed by atoms with E-state index in [1.807, 2.05) is 60.7 Å². The fourth-order valence-electron chi connectivity index (χ4n) is 2.99. The van der Waals surface area contributed by atoms with E-state index in [9.17, 15) is 9.59 Å². The second-order valence-corrected chi connectivity index (χ2v) is 8.39. The van der Waals surface area contributed by atoms with E-state index in [1.165, 1.54) is 11.8 Å². The number of ether oxygens (including phenoxy) is 1. The highest BCUT2D eigenvalue weighted by molar-refractivity contribution is 8.27. The van der Waals surface area contributed by atoms with Gasteiger partial charge in [0.25, 0.3) is 5.91 Å². The lowest BCUT2D eigenvalue weighted by molar-refractivity contribution is -0.113. The van der Waals surface area contributed by atoms with Crippen molar-refractivity contribution < 1.29 is 19.4 Å². The maximum absolute atomic E-state index is 12.8. The maximum atomic E-state index is 12.8. The lowest BCUT2D eigenvalue weighted by atomic mass is 10.1. The van der Waals surface area contributed by atoms with Crippen LogP contribution in [0.5, 0.6) is 5.75 Å². The van der Waals surface area contributed by atoms with Gasteiger partial charge in [-0.1, -0.05) is 66.4 Å². The number of aromatic carboxylic acids is 1. The maximum Gasteiger partial charge on any atom is 0.335 e. The number of benzene rings is 3. The minimum absolute atomic E-state index is 0.133. The average molecular weight is 448 g/mol. The number of carbonyl (C=O) groups is 2. The number of hydrogen-bond acceptors (Lipinski definition) is 5. The highest BCUT2D eigenvalue weighted by Gasteiger charge is 2.33. The lowest BCUT2D eigenvalue weighted by Gasteiger charge is -2.13. The molecule has 0 saturated carbocycles. The van der Waals surface area contributed by atoms with Crippen LogP contribution >= 0.6 is 24.0 Å². The van der Waals surface area contributed by atoms with Crippen molar-refractivity contribution >= 4 is 51.9 Å². The summed E-state index contributed by atoms with van der Waals surface area (Å²) in [5, 5.41) is 8.95. The Bertz CT molecular complexity index is 1160. The molecule has 3 aromatic rings. The summed E-state index contributed by atoms with van der Waals surface area (Å²) in [4.78, 5) is 25.8. The van der Waals surface area contributed by atoms with Crippen LogP contribution in [-0.2, 0) is 11.4 Å². The van der Waals surface area contributed by atoms with E-state index in [4.69, 9.17) is 22.1 Å². The van der Waals surface area contributed by atoms with Crippen LogP contribution in [0.4, 0.5) is 5.69 Å². The van der Waals surface area contributed by atoms with Gasteiger partial charge >= 0.3 is 5.97 Å². The van der Waals surface area contributed by atoms with E-state index < -0.39 is 5.97 Å². The predicted octanol–water partition coefficient (Wildman–Crippen LogP) is 5.37. The number of anilines is 1. The Hall–Kier alpha value is -3.42. The van der Waals surface area contributed by atoms with Crippen LogP contribution in [0, 0.1) is 0 Å². The average Bonchev–Trinajstić information content (AvgIpc) is 3.07. The number of carbonyl (C=O) groups excluding carboxylic acids is 1. The van der Waals surface area contributed by atoms with E-state index in [2.05, 4.69) is 0 Å². The first kappa shape index (κ1) is 20.8. The van der Waals surface area contributed by atoms with Crippen LogP contribution in [0.3, 0.4) is 0 Å². The summed E-state index contributed by atoms with van der Waals surface area (Å²) in [6, 6.07) is 23.3. The largest absolute Gasteiger partial charge is 0.489 e. The number of nitrogens with zero attached hydrogens (tertiary/aromatic N) is 1. The van der Waals surface area contributed by atoms with Gasteiger partial charge in [0.1, 0.15) is 12.4 Å². The molecule has 1 saturated heterocycles. The number of carboxylic acids is 1. The molecular formula is C24H17NO4S2. The third-order valence-electron chi connectivity index (χ3n) is 4.59. The molecule has 31 heavy (non-hydrogen) atoms. The first-order chi connectivity index (χ1) is 15.0. The van der Waals surface area contributed by atoms with Gasteiger partial charge in [0.2, 0.25) is 0 Å². The molecule has 1 heterocycles. The molecule has 1 amide bonds. The first-order valence-electron chi connectivity index (χ1n) is 9.39. The summed E-state index contributed by atoms with van der Waals surface area (Å²) in [7, 11) is 0. The van der Waals surface area contributed by atoms with E-state index in [0.717, 1.165) is 16.8 Å². The Morgan fingerprint density at radius 2 is 1.68 bits per heavy atom. The van der Waals surface area contributed by atoms with Gasteiger partial charge in [0.05, 0.1) is 16.2 Å². The zero-order valence-corrected chi connectivity index (χ0v) is 17.9. The van der Waals surface area contributed by atoms with Gasteiger partial charge in [-0.25, -0.2) is 4.79 Å². The summed E-state index contributed by atoms with van der Waals surface area (Å²) >= 11 is 6.67. The Morgan fingerprint density at radius 3 is 2.32 bits per heavy atom. The molecule has 0 unspecified atom stereocenters. The Balaban J connectivity index is 1.41. The van der Waals surface area contributed by atoms with Crippen molar-refractivity contribution in [2.45, 2.75) is 6.61 Å². The van der Waals surface area contributed by atoms with Crippen molar-refractivity contribution in [3.8, 4) is 5.75 Å². The van der Waals surface area contributed by atoms with Crippen LogP contribution < -0.4 is 9.64 Å². The van der Waals surface area contributed by atoms with Crippen molar-refractivity contribution in [3.63, 3.8) is 0 Å². The molecule has 0 aliphatic carbocycles. The van der Waals surface area contributed by atoms with Gasteiger partial charge in [-0.15, -0.1) is 0 Å². The molecule has 7 heteroatoms. The molecule has 0 radical (unpaired) electrons. The van der Waals surface area contributed by atoms with Crippen molar-refractivity contribution in [2.24, 2.45) is 0 Å². The molecule has 0 atom stereocenters. The highest BCUT2D eigenvalue weighted by Crippen LogP contribution is 2.36. The molecule has 0 spiro atoms. The Morgan fingerprint density at radius 1 is 1.00 bits per heavy atom. The van der Waals surface area contributed by atoms with Gasteiger partial charge in [-0.05, 0) is 53.6 Å². The Kier molecular flexibility index (Phi) is 6.16. The van der Waals surface area contributed by atoms with Gasteiger partial charge in [-0.2, -0.15) is 0 Å². The van der Waals surface area contributed by atoms with Crippen LogP contribution in [0.25, 0.3) is 6.08 Å². The quantitative estimate of drug-likeness (QED) is 0.405. The fourth-order valence-corrected chi connectivity index (χ4v) is 4.29. The summed E-state index contributed by atoms with van der Waals surface area (Å²) in [5.74, 6) is -0.411. The second kappa shape index (κ2) is 9.16. The second-order valence-electron chi connectivity index (χ2n) is 6.71. The smallest absolute Gasteiger partial charge is 0.335 e. The molecule has 0 aromatic heterocycles. The van der Waals surface area contributed by atoms with Gasteiger partial charge in [0, 0.05) is 0 Å². The molecule has 3 aromatic carbocycles. The minimum atomic E-state index is -0.955. The standard InChI is InChI=1S/C24H17NO4S2/c26-22-21(31-24(30)25(22)19-4-2-1-3-5-19)14-16-8-12-20(13-9-16)29-15-17-6-10-18(11-7-17)23(27)28/h1-14H,15H2,(H,27,28)/b21-14+. The third-order valence-corrected chi connectivity index (χ3v) is 5.89.